The summed E-state index contributed by atoms with van der Waals surface area (Å²) >= 11 is -0.333. The van der Waals surface area contributed by atoms with Crippen molar-refractivity contribution in [2.75, 3.05) is 0 Å². The molecule has 0 aliphatic carbocycles. The van der Waals surface area contributed by atoms with E-state index in [1.54, 1.807) is 0 Å². The average molecular weight is 121 g/mol. The van der Waals surface area contributed by atoms with Crippen molar-refractivity contribution >= 4 is 14.7 Å². The van der Waals surface area contributed by atoms with Crippen LogP contribution in [-0.4, -0.2) is 14.7 Å². The second kappa shape index (κ2) is 1.84. The van der Waals surface area contributed by atoms with Crippen LogP contribution in [0.2, 0.25) is 17.1 Å². The van der Waals surface area contributed by atoms with Crippen LogP contribution < -0.4 is 0 Å². The third-order valence-electron chi connectivity index (χ3n) is 0. The zero-order valence-electron chi connectivity index (χ0n) is 3.50. The van der Waals surface area contributed by atoms with E-state index in [4.69, 9.17) is 0 Å². The fourth-order valence-corrected chi connectivity index (χ4v) is 0. The van der Waals surface area contributed by atoms with Crippen LogP contribution in [0, 0.1) is 0 Å². The summed E-state index contributed by atoms with van der Waals surface area (Å²) in [5.41, 5.74) is 7.00. The summed E-state index contributed by atoms with van der Waals surface area (Å²) in [5, 5.41) is 0. The van der Waals surface area contributed by atoms with E-state index in [9.17, 15) is 0 Å². The van der Waals surface area contributed by atoms with E-state index < -0.39 is 0 Å². The topological polar surface area (TPSA) is 0 Å². The van der Waals surface area contributed by atoms with Gasteiger partial charge in [0.15, 0.2) is 0 Å². The van der Waals surface area contributed by atoms with Gasteiger partial charge in [-0.2, -0.15) is 0 Å². The van der Waals surface area contributed by atoms with Crippen LogP contribution in [-0.2, 0) is 0 Å². The van der Waals surface area contributed by atoms with Gasteiger partial charge in [-0.1, -0.05) is 0 Å². The molecule has 1 heteroatoms. The van der Waals surface area contributed by atoms with Crippen molar-refractivity contribution < 1.29 is 0 Å². The summed E-state index contributed by atoms with van der Waals surface area (Å²) in [5.74, 6) is 0. The molecular formula is C3H10As. The molecule has 0 amide bonds. The van der Waals surface area contributed by atoms with Crippen LogP contribution in [0.1, 0.15) is 0 Å². The molecule has 0 aromatic carbocycles. The molecule has 0 saturated carbocycles. The van der Waals surface area contributed by atoms with Gasteiger partial charge in [0, 0.05) is 0 Å². The normalized spacial score (nSPS) is 9.00. The van der Waals surface area contributed by atoms with Crippen LogP contribution in [0.3, 0.4) is 0 Å². The Morgan fingerprint density at radius 2 is 1.00 bits per heavy atom. The van der Waals surface area contributed by atoms with Crippen molar-refractivity contribution in [1.29, 1.82) is 0 Å². The molecule has 4 heavy (non-hydrogen) atoms. The molecule has 0 rings (SSSR count). The van der Waals surface area contributed by atoms with Crippen LogP contribution in [0.5, 0.6) is 0 Å². The molecule has 0 aromatic heterocycles. The molecule has 27 valence electrons. The Balaban J connectivity index is 2.32. The molecule has 0 aliphatic rings. The van der Waals surface area contributed by atoms with Gasteiger partial charge >= 0.3 is 31.8 Å². The molecule has 0 nitrogen and oxygen atoms in total. The Morgan fingerprint density at radius 3 is 1.00 bits per heavy atom. The van der Waals surface area contributed by atoms with E-state index in [2.05, 4.69) is 17.1 Å². The van der Waals surface area contributed by atoms with Crippen LogP contribution >= 0.6 is 0 Å². The molecule has 0 saturated heterocycles. The predicted molar refractivity (Wildman–Crippen MR) is 24.7 cm³/mol. The standard InChI is InChI=1S/C3H10As/c1-4(2)3/h4H,1-3H3. The molecule has 0 aromatic rings. The number of rotatable bonds is 0. The van der Waals surface area contributed by atoms with Crippen LogP contribution in [0.15, 0.2) is 0 Å². The molecular weight excluding hydrogens is 111 g/mol. The number of hydrogen-bond donors (Lipinski definition) is 0. The summed E-state index contributed by atoms with van der Waals surface area (Å²) in [6.07, 6.45) is 0. The van der Waals surface area contributed by atoms with Crippen molar-refractivity contribution in [1.82, 2.24) is 0 Å². The van der Waals surface area contributed by atoms with Gasteiger partial charge in [0.05, 0.1) is 0 Å². The Kier molecular flexibility index (Phi) is 2.10. The SMILES string of the molecule is C[AsH](C)C. The molecule has 0 aliphatic heterocycles. The van der Waals surface area contributed by atoms with E-state index in [1.165, 1.54) is 0 Å². The third-order valence-corrected chi connectivity index (χ3v) is 0. The van der Waals surface area contributed by atoms with Gasteiger partial charge in [-0.3, -0.25) is 0 Å². The molecule has 0 fully saturated rings. The third kappa shape index (κ3) is 19.9. The minimum atomic E-state index is -0.333. The van der Waals surface area contributed by atoms with Crippen molar-refractivity contribution in [3.63, 3.8) is 0 Å². The number of hydrogen-bond acceptors (Lipinski definition) is 0. The molecule has 0 atom stereocenters. The van der Waals surface area contributed by atoms with Crippen molar-refractivity contribution in [2.45, 2.75) is 17.1 Å². The summed E-state index contributed by atoms with van der Waals surface area (Å²) in [6, 6.07) is 0. The first-order chi connectivity index (χ1) is 1.73. The summed E-state index contributed by atoms with van der Waals surface area (Å²) in [4.78, 5) is 0. The van der Waals surface area contributed by atoms with E-state index in [1.807, 2.05) is 0 Å². The molecule has 0 spiro atoms. The van der Waals surface area contributed by atoms with Gasteiger partial charge < -0.3 is 0 Å². The predicted octanol–water partition coefficient (Wildman–Crippen LogP) is 1.10. The molecule has 0 N–H and O–H groups in total. The summed E-state index contributed by atoms with van der Waals surface area (Å²) < 4.78 is 0. The Labute approximate surface area is 32.5 Å². The van der Waals surface area contributed by atoms with Gasteiger partial charge in [-0.25, -0.2) is 0 Å². The summed E-state index contributed by atoms with van der Waals surface area (Å²) in [6.45, 7) is 0. The zero-order chi connectivity index (χ0) is 3.58. The van der Waals surface area contributed by atoms with Crippen molar-refractivity contribution in [3.8, 4) is 0 Å². The first kappa shape index (κ1) is 4.56. The maximum atomic E-state index is 2.33. The molecule has 1 radical (unpaired) electrons. The maximum absolute atomic E-state index is 2.33. The Bertz CT molecular complexity index is 8.00. The fraction of sp³-hybridized carbons (Fsp3) is 1.00. The monoisotopic (exact) mass is 121 g/mol. The van der Waals surface area contributed by atoms with Crippen LogP contribution in [0.25, 0.3) is 0 Å². The van der Waals surface area contributed by atoms with E-state index in [0.717, 1.165) is 0 Å². The average Bonchev–Trinajstić information content (AvgIpc) is 0.811. The van der Waals surface area contributed by atoms with Gasteiger partial charge in [-0.05, 0) is 0 Å². The zero-order valence-corrected chi connectivity index (χ0v) is 5.60. The summed E-state index contributed by atoms with van der Waals surface area (Å²) in [7, 11) is 0. The fourth-order valence-electron chi connectivity index (χ4n) is 0. The molecule has 0 bridgehead atoms. The van der Waals surface area contributed by atoms with Crippen molar-refractivity contribution in [3.05, 3.63) is 0 Å². The van der Waals surface area contributed by atoms with Crippen LogP contribution in [0.4, 0.5) is 0 Å². The van der Waals surface area contributed by atoms with Gasteiger partial charge in [0.2, 0.25) is 0 Å². The van der Waals surface area contributed by atoms with E-state index >= 15 is 0 Å². The van der Waals surface area contributed by atoms with Gasteiger partial charge in [0.1, 0.15) is 0 Å². The van der Waals surface area contributed by atoms with E-state index in [0.29, 0.717) is 0 Å². The van der Waals surface area contributed by atoms with Gasteiger partial charge in [0.25, 0.3) is 0 Å². The second-order valence-electron chi connectivity index (χ2n) is 1.50. The first-order valence-electron chi connectivity index (χ1n) is 1.50. The minimum absolute atomic E-state index is 0.333. The Morgan fingerprint density at radius 1 is 1.00 bits per heavy atom. The quantitative estimate of drug-likeness (QED) is 0.421. The Hall–Kier alpha value is 0.558. The van der Waals surface area contributed by atoms with Crippen molar-refractivity contribution in [2.24, 2.45) is 0 Å². The first-order valence-corrected chi connectivity index (χ1v) is 7.79. The molecule has 0 unspecified atom stereocenters. The van der Waals surface area contributed by atoms with Gasteiger partial charge in [-0.15, -0.1) is 0 Å². The second-order valence-corrected chi connectivity index (χ2v) is 7.79. The molecule has 0 heterocycles. The van der Waals surface area contributed by atoms with E-state index in [-0.39, 0.29) is 14.7 Å².